The van der Waals surface area contributed by atoms with Crippen molar-refractivity contribution in [3.63, 3.8) is 0 Å². The summed E-state index contributed by atoms with van der Waals surface area (Å²) in [5.41, 5.74) is 1.90. The molecule has 0 aliphatic carbocycles. The average Bonchev–Trinajstić information content (AvgIpc) is 3.13. The van der Waals surface area contributed by atoms with E-state index in [0.29, 0.717) is 34.1 Å². The molecule has 5 nitrogen and oxygen atoms in total. The van der Waals surface area contributed by atoms with Crippen LogP contribution in [0.2, 0.25) is 0 Å². The lowest BCUT2D eigenvalue weighted by Gasteiger charge is -2.10. The molecule has 0 unspecified atom stereocenters. The third-order valence-electron chi connectivity index (χ3n) is 4.85. The van der Waals surface area contributed by atoms with Gasteiger partial charge >= 0.3 is 5.97 Å². The van der Waals surface area contributed by atoms with Gasteiger partial charge in [0.2, 0.25) is 0 Å². The third kappa shape index (κ3) is 3.43. The SMILES string of the molecule is COc1ccc(OC)c(C2=C/C(=C/c3c(OC)ccc4ccccc34)C(=O)O2)c1. The molecule has 1 aliphatic rings. The largest absolute Gasteiger partial charge is 0.497 e. The molecule has 0 amide bonds. The molecule has 4 rings (SSSR count). The van der Waals surface area contributed by atoms with Gasteiger partial charge in [0.1, 0.15) is 23.0 Å². The molecule has 146 valence electrons. The van der Waals surface area contributed by atoms with Crippen LogP contribution in [-0.2, 0) is 9.53 Å². The van der Waals surface area contributed by atoms with E-state index in [2.05, 4.69) is 0 Å². The lowest BCUT2D eigenvalue weighted by molar-refractivity contribution is -0.130. The summed E-state index contributed by atoms with van der Waals surface area (Å²) in [7, 11) is 4.76. The standard InChI is InChI=1S/C24H20O5/c1-26-17-9-11-22(28-3)20(14-17)23-13-16(24(25)29-23)12-19-18-7-5-4-6-15(18)8-10-21(19)27-2/h4-14H,1-3H3/b16-12-. The zero-order valence-electron chi connectivity index (χ0n) is 16.4. The number of benzene rings is 3. The van der Waals surface area contributed by atoms with Crippen molar-refractivity contribution in [2.75, 3.05) is 21.3 Å². The zero-order valence-corrected chi connectivity index (χ0v) is 16.4. The minimum atomic E-state index is -0.431. The summed E-state index contributed by atoms with van der Waals surface area (Å²) in [5, 5.41) is 2.05. The second-order valence-electron chi connectivity index (χ2n) is 6.47. The highest BCUT2D eigenvalue weighted by Crippen LogP contribution is 2.37. The van der Waals surface area contributed by atoms with Gasteiger partial charge in [-0.15, -0.1) is 0 Å². The smallest absolute Gasteiger partial charge is 0.343 e. The van der Waals surface area contributed by atoms with Crippen LogP contribution in [0.1, 0.15) is 11.1 Å². The van der Waals surface area contributed by atoms with Crippen LogP contribution in [0.25, 0.3) is 22.6 Å². The molecule has 0 spiro atoms. The number of fused-ring (bicyclic) bond motifs is 1. The number of hydrogen-bond donors (Lipinski definition) is 0. The van der Waals surface area contributed by atoms with E-state index in [4.69, 9.17) is 18.9 Å². The summed E-state index contributed by atoms with van der Waals surface area (Å²) in [6, 6.07) is 17.2. The maximum absolute atomic E-state index is 12.6. The Morgan fingerprint density at radius 3 is 2.38 bits per heavy atom. The molecule has 0 fully saturated rings. The predicted octanol–water partition coefficient (Wildman–Crippen LogP) is 4.85. The van der Waals surface area contributed by atoms with E-state index in [-0.39, 0.29) is 0 Å². The van der Waals surface area contributed by atoms with Crippen LogP contribution < -0.4 is 14.2 Å². The number of carbonyl (C=O) groups is 1. The van der Waals surface area contributed by atoms with Crippen LogP contribution in [0.15, 0.2) is 66.2 Å². The van der Waals surface area contributed by atoms with Crippen molar-refractivity contribution in [2.24, 2.45) is 0 Å². The van der Waals surface area contributed by atoms with Crippen LogP contribution in [0.4, 0.5) is 0 Å². The molecular weight excluding hydrogens is 368 g/mol. The molecule has 0 N–H and O–H groups in total. The minimum absolute atomic E-state index is 0.413. The van der Waals surface area contributed by atoms with E-state index < -0.39 is 5.97 Å². The molecule has 0 saturated carbocycles. The minimum Gasteiger partial charge on any atom is -0.497 e. The zero-order chi connectivity index (χ0) is 20.4. The Morgan fingerprint density at radius 1 is 0.862 bits per heavy atom. The van der Waals surface area contributed by atoms with Crippen LogP contribution in [0, 0.1) is 0 Å². The Bertz CT molecular complexity index is 1160. The maximum atomic E-state index is 12.6. The lowest BCUT2D eigenvalue weighted by atomic mass is 10.0. The molecule has 0 atom stereocenters. The van der Waals surface area contributed by atoms with Gasteiger partial charge in [0.25, 0.3) is 0 Å². The summed E-state index contributed by atoms with van der Waals surface area (Å²) >= 11 is 0. The Balaban J connectivity index is 1.84. The topological polar surface area (TPSA) is 54.0 Å². The second kappa shape index (κ2) is 7.72. The summed E-state index contributed by atoms with van der Waals surface area (Å²) < 4.78 is 21.8. The fraction of sp³-hybridized carbons (Fsp3) is 0.125. The molecule has 5 heteroatoms. The molecule has 3 aromatic carbocycles. The van der Waals surface area contributed by atoms with Crippen LogP contribution >= 0.6 is 0 Å². The highest BCUT2D eigenvalue weighted by atomic mass is 16.5. The summed E-state index contributed by atoms with van der Waals surface area (Å²) in [6.45, 7) is 0. The normalized spacial score (nSPS) is 14.7. The van der Waals surface area contributed by atoms with Gasteiger partial charge in [0, 0.05) is 5.56 Å². The van der Waals surface area contributed by atoms with Crippen molar-refractivity contribution >= 4 is 28.6 Å². The monoisotopic (exact) mass is 388 g/mol. The van der Waals surface area contributed by atoms with Crippen molar-refractivity contribution in [2.45, 2.75) is 0 Å². The van der Waals surface area contributed by atoms with Crippen LogP contribution in [0.3, 0.4) is 0 Å². The first kappa shape index (κ1) is 18.6. The van der Waals surface area contributed by atoms with Gasteiger partial charge in [-0.25, -0.2) is 4.79 Å². The molecule has 1 heterocycles. The summed E-state index contributed by atoms with van der Waals surface area (Å²) in [4.78, 5) is 12.6. The Labute approximate surface area is 168 Å². The molecule has 3 aromatic rings. The van der Waals surface area contributed by atoms with E-state index >= 15 is 0 Å². The molecule has 0 radical (unpaired) electrons. The van der Waals surface area contributed by atoms with Gasteiger partial charge in [-0.3, -0.25) is 0 Å². The second-order valence-corrected chi connectivity index (χ2v) is 6.47. The van der Waals surface area contributed by atoms with Gasteiger partial charge in [0.15, 0.2) is 0 Å². The van der Waals surface area contributed by atoms with E-state index in [1.165, 1.54) is 0 Å². The Morgan fingerprint density at radius 2 is 1.62 bits per heavy atom. The molecule has 0 bridgehead atoms. The third-order valence-corrected chi connectivity index (χ3v) is 4.85. The number of rotatable bonds is 5. The first-order chi connectivity index (χ1) is 14.1. The van der Waals surface area contributed by atoms with Gasteiger partial charge in [-0.2, -0.15) is 0 Å². The first-order valence-corrected chi connectivity index (χ1v) is 9.08. The summed E-state index contributed by atoms with van der Waals surface area (Å²) in [5.74, 6) is 1.90. The fourth-order valence-corrected chi connectivity index (χ4v) is 3.39. The van der Waals surface area contributed by atoms with E-state index in [1.54, 1.807) is 51.7 Å². The fourth-order valence-electron chi connectivity index (χ4n) is 3.39. The van der Waals surface area contributed by atoms with E-state index in [1.807, 2.05) is 36.4 Å². The first-order valence-electron chi connectivity index (χ1n) is 9.08. The van der Waals surface area contributed by atoms with Gasteiger partial charge in [-0.1, -0.05) is 30.3 Å². The van der Waals surface area contributed by atoms with Gasteiger partial charge in [-0.05, 0) is 47.2 Å². The Kier molecular flexibility index (Phi) is 4.96. The number of ether oxygens (including phenoxy) is 4. The number of cyclic esters (lactones) is 1. The van der Waals surface area contributed by atoms with Crippen molar-refractivity contribution in [1.29, 1.82) is 0 Å². The van der Waals surface area contributed by atoms with Crippen molar-refractivity contribution in [3.8, 4) is 17.2 Å². The van der Waals surface area contributed by atoms with Crippen molar-refractivity contribution in [3.05, 3.63) is 77.4 Å². The number of esters is 1. The Hall–Kier alpha value is -3.73. The highest BCUT2D eigenvalue weighted by Gasteiger charge is 2.25. The average molecular weight is 388 g/mol. The number of methoxy groups -OCH3 is 3. The molecule has 1 aliphatic heterocycles. The molecule has 29 heavy (non-hydrogen) atoms. The van der Waals surface area contributed by atoms with Crippen LogP contribution in [0.5, 0.6) is 17.2 Å². The van der Waals surface area contributed by atoms with E-state index in [0.717, 1.165) is 16.3 Å². The number of hydrogen-bond acceptors (Lipinski definition) is 5. The van der Waals surface area contributed by atoms with Crippen LogP contribution in [-0.4, -0.2) is 27.3 Å². The van der Waals surface area contributed by atoms with Crippen molar-refractivity contribution < 1.29 is 23.7 Å². The quantitative estimate of drug-likeness (QED) is 0.462. The molecular formula is C24H20O5. The predicted molar refractivity (Wildman–Crippen MR) is 112 cm³/mol. The highest BCUT2D eigenvalue weighted by molar-refractivity contribution is 6.07. The molecule has 0 saturated heterocycles. The van der Waals surface area contributed by atoms with Crippen molar-refractivity contribution in [1.82, 2.24) is 0 Å². The lowest BCUT2D eigenvalue weighted by Crippen LogP contribution is -1.99. The summed E-state index contributed by atoms with van der Waals surface area (Å²) in [6.07, 6.45) is 3.50. The molecule has 0 aromatic heterocycles. The van der Waals surface area contributed by atoms with Gasteiger partial charge < -0.3 is 18.9 Å². The van der Waals surface area contributed by atoms with Gasteiger partial charge in [0.05, 0.1) is 32.5 Å². The number of carbonyl (C=O) groups excluding carboxylic acids is 1. The van der Waals surface area contributed by atoms with E-state index in [9.17, 15) is 4.79 Å². The maximum Gasteiger partial charge on any atom is 0.343 e.